The second-order valence-electron chi connectivity index (χ2n) is 3.63. The Kier molecular flexibility index (Phi) is 3.05. The zero-order chi connectivity index (χ0) is 11.3. The van der Waals surface area contributed by atoms with Crippen molar-refractivity contribution in [1.82, 2.24) is 5.06 Å². The van der Waals surface area contributed by atoms with Gasteiger partial charge in [-0.05, 0) is 17.5 Å². The third-order valence-electron chi connectivity index (χ3n) is 2.75. The molecule has 79 valence electrons. The first-order valence-electron chi connectivity index (χ1n) is 4.79. The van der Waals surface area contributed by atoms with E-state index < -0.39 is 11.8 Å². The maximum absolute atomic E-state index is 11.7. The normalized spacial score (nSPS) is 13.8. The number of rotatable bonds is 0. The molecular formula is C12H7NNaO3. The Hall–Kier alpha value is -1.20. The van der Waals surface area contributed by atoms with Gasteiger partial charge in [0.05, 0.1) is 11.1 Å². The van der Waals surface area contributed by atoms with E-state index in [9.17, 15) is 14.8 Å². The van der Waals surface area contributed by atoms with E-state index in [1.54, 1.807) is 24.3 Å². The van der Waals surface area contributed by atoms with Crippen LogP contribution < -0.4 is 0 Å². The number of carbonyl (C=O) groups excluding carboxylic acids is 2. The van der Waals surface area contributed by atoms with Gasteiger partial charge < -0.3 is 0 Å². The van der Waals surface area contributed by atoms with Crippen LogP contribution in [-0.4, -0.2) is 51.6 Å². The molecule has 1 heterocycles. The second kappa shape index (κ2) is 4.23. The zero-order valence-corrected chi connectivity index (χ0v) is 11.2. The number of hydrogen-bond acceptors (Lipinski definition) is 3. The van der Waals surface area contributed by atoms with Gasteiger partial charge in [-0.3, -0.25) is 14.8 Å². The van der Waals surface area contributed by atoms with Crippen LogP contribution in [0, 0.1) is 0 Å². The summed E-state index contributed by atoms with van der Waals surface area (Å²) in [5.41, 5.74) is 0.713. The van der Waals surface area contributed by atoms with Gasteiger partial charge >= 0.3 is 0 Å². The third kappa shape index (κ3) is 1.61. The van der Waals surface area contributed by atoms with E-state index in [4.69, 9.17) is 0 Å². The van der Waals surface area contributed by atoms with Crippen molar-refractivity contribution in [3.63, 3.8) is 0 Å². The van der Waals surface area contributed by atoms with Gasteiger partial charge in [0, 0.05) is 34.9 Å². The van der Waals surface area contributed by atoms with E-state index in [0.29, 0.717) is 16.5 Å². The van der Waals surface area contributed by atoms with Crippen molar-refractivity contribution in [2.24, 2.45) is 0 Å². The molecule has 0 fully saturated rings. The summed E-state index contributed by atoms with van der Waals surface area (Å²) in [5, 5.41) is 11.0. The Morgan fingerprint density at radius 1 is 0.882 bits per heavy atom. The summed E-state index contributed by atoms with van der Waals surface area (Å²) >= 11 is 0. The van der Waals surface area contributed by atoms with Gasteiger partial charge in [0.1, 0.15) is 0 Å². The first kappa shape index (κ1) is 12.3. The first-order chi connectivity index (χ1) is 7.70. The molecule has 1 aliphatic rings. The van der Waals surface area contributed by atoms with Crippen LogP contribution >= 0.6 is 0 Å². The van der Waals surface area contributed by atoms with Crippen LogP contribution in [-0.2, 0) is 0 Å². The molecule has 4 nitrogen and oxygen atoms in total. The maximum Gasteiger partial charge on any atom is 0.285 e. The molecule has 1 N–H and O–H groups in total. The Morgan fingerprint density at radius 3 is 1.82 bits per heavy atom. The van der Waals surface area contributed by atoms with Crippen molar-refractivity contribution in [1.29, 1.82) is 0 Å². The summed E-state index contributed by atoms with van der Waals surface area (Å²) in [6, 6.07) is 10.3. The van der Waals surface area contributed by atoms with E-state index in [1.165, 1.54) is 0 Å². The molecule has 3 rings (SSSR count). The van der Waals surface area contributed by atoms with Gasteiger partial charge in [-0.1, -0.05) is 24.3 Å². The molecule has 0 atom stereocenters. The molecule has 1 radical (unpaired) electrons. The molecule has 17 heavy (non-hydrogen) atoms. The predicted octanol–water partition coefficient (Wildman–Crippen LogP) is 1.44. The van der Waals surface area contributed by atoms with Gasteiger partial charge in [-0.15, -0.1) is 5.06 Å². The molecule has 0 saturated carbocycles. The molecule has 0 unspecified atom stereocenters. The van der Waals surface area contributed by atoms with E-state index in [0.717, 1.165) is 5.39 Å². The van der Waals surface area contributed by atoms with Crippen molar-refractivity contribution in [2.45, 2.75) is 0 Å². The maximum atomic E-state index is 11.7. The molecule has 0 saturated heterocycles. The van der Waals surface area contributed by atoms with Crippen LogP contribution in [0.4, 0.5) is 0 Å². The monoisotopic (exact) mass is 236 g/mol. The fraction of sp³-hybridized carbons (Fsp3) is 0. The van der Waals surface area contributed by atoms with Gasteiger partial charge in [0.15, 0.2) is 0 Å². The average Bonchev–Trinajstić information content (AvgIpc) is 2.33. The molecule has 0 aromatic heterocycles. The minimum Gasteiger partial charge on any atom is -0.278 e. The van der Waals surface area contributed by atoms with E-state index in [-0.39, 0.29) is 34.6 Å². The van der Waals surface area contributed by atoms with Crippen LogP contribution in [0.5, 0.6) is 0 Å². The van der Waals surface area contributed by atoms with Crippen LogP contribution in [0.15, 0.2) is 36.4 Å². The van der Waals surface area contributed by atoms with Crippen molar-refractivity contribution >= 4 is 52.1 Å². The summed E-state index contributed by atoms with van der Waals surface area (Å²) < 4.78 is 0. The average molecular weight is 236 g/mol. The van der Waals surface area contributed by atoms with E-state index in [2.05, 4.69) is 0 Å². The summed E-state index contributed by atoms with van der Waals surface area (Å²) in [4.78, 5) is 23.3. The zero-order valence-electron chi connectivity index (χ0n) is 9.18. The SMILES string of the molecule is O=C1c2cccc3cccc(c23)C(=O)N1O.[Na]. The minimum absolute atomic E-state index is 0. The molecule has 0 bridgehead atoms. The summed E-state index contributed by atoms with van der Waals surface area (Å²) in [6.07, 6.45) is 0. The fourth-order valence-corrected chi connectivity index (χ4v) is 2.02. The summed E-state index contributed by atoms with van der Waals surface area (Å²) in [6.45, 7) is 0. The van der Waals surface area contributed by atoms with Crippen LogP contribution in [0.1, 0.15) is 20.7 Å². The molecule has 2 amide bonds. The topological polar surface area (TPSA) is 57.6 Å². The first-order valence-corrected chi connectivity index (χ1v) is 4.79. The minimum atomic E-state index is -0.672. The molecule has 1 aliphatic heterocycles. The van der Waals surface area contributed by atoms with Crippen molar-refractivity contribution in [3.8, 4) is 0 Å². The number of hydrogen-bond donors (Lipinski definition) is 1. The quantitative estimate of drug-likeness (QED) is 0.428. The Bertz CT molecular complexity index is 588. The number of carbonyl (C=O) groups is 2. The number of hydroxylamine groups is 2. The van der Waals surface area contributed by atoms with Crippen molar-refractivity contribution in [2.75, 3.05) is 0 Å². The van der Waals surface area contributed by atoms with Gasteiger partial charge in [-0.2, -0.15) is 0 Å². The molecule has 2 aromatic rings. The van der Waals surface area contributed by atoms with E-state index >= 15 is 0 Å². The molecule has 0 spiro atoms. The van der Waals surface area contributed by atoms with E-state index in [1.807, 2.05) is 12.1 Å². The molecule has 5 heteroatoms. The predicted molar refractivity (Wildman–Crippen MR) is 62.0 cm³/mol. The van der Waals surface area contributed by atoms with Crippen LogP contribution in [0.25, 0.3) is 10.8 Å². The fourth-order valence-electron chi connectivity index (χ4n) is 2.02. The van der Waals surface area contributed by atoms with Crippen molar-refractivity contribution < 1.29 is 14.8 Å². The Labute approximate surface area is 119 Å². The smallest absolute Gasteiger partial charge is 0.278 e. The Balaban J connectivity index is 0.00000108. The Morgan fingerprint density at radius 2 is 1.35 bits per heavy atom. The number of nitrogens with zero attached hydrogens (tertiary/aromatic N) is 1. The van der Waals surface area contributed by atoms with Gasteiger partial charge in [-0.25, -0.2) is 0 Å². The number of imide groups is 1. The summed E-state index contributed by atoms with van der Waals surface area (Å²) in [7, 11) is 0. The van der Waals surface area contributed by atoms with Gasteiger partial charge in [0.25, 0.3) is 11.8 Å². The third-order valence-corrected chi connectivity index (χ3v) is 2.75. The van der Waals surface area contributed by atoms with Crippen LogP contribution in [0.2, 0.25) is 0 Å². The second-order valence-corrected chi connectivity index (χ2v) is 3.63. The number of benzene rings is 2. The summed E-state index contributed by atoms with van der Waals surface area (Å²) in [5.74, 6) is -1.34. The number of amides is 2. The molecule has 2 aromatic carbocycles. The van der Waals surface area contributed by atoms with Crippen molar-refractivity contribution in [3.05, 3.63) is 47.5 Å². The standard InChI is InChI=1S/C12H7NO3.Na/c14-11-8-5-1-3-7-4-2-6-9(10(7)8)12(15)13(11)16;/h1-6,16H;. The van der Waals surface area contributed by atoms with Gasteiger partial charge in [0.2, 0.25) is 0 Å². The molecule has 0 aliphatic carbocycles. The molecular weight excluding hydrogens is 229 g/mol. The van der Waals surface area contributed by atoms with Crippen LogP contribution in [0.3, 0.4) is 0 Å². The largest absolute Gasteiger partial charge is 0.285 e.